The van der Waals surface area contributed by atoms with Crippen LogP contribution in [0.3, 0.4) is 0 Å². The summed E-state index contributed by atoms with van der Waals surface area (Å²) < 4.78 is 10.6. The number of carbonyl (C=O) groups excluding carboxylic acids is 1. The minimum absolute atomic E-state index is 0.0185. The first-order chi connectivity index (χ1) is 12.6. The van der Waals surface area contributed by atoms with Crippen LogP contribution < -0.4 is 5.63 Å². The zero-order valence-electron chi connectivity index (χ0n) is 13.7. The Kier molecular flexibility index (Phi) is 4.40. The topological polar surface area (TPSA) is 69.4 Å². The Morgan fingerprint density at radius 3 is 2.92 bits per heavy atom. The molecule has 0 aliphatic rings. The number of ether oxygens (including phenoxy) is 1. The highest BCUT2D eigenvalue weighted by molar-refractivity contribution is 7.14. The standard InChI is InChI=1S/C19H13NO4S2/c1-11-2-3-14-13(7-17(21)24-16(14)6-11)8-23-19(22)15-10-26-18(20-15)12-4-5-25-9-12/h2-7,9-10H,8H2,1H3. The van der Waals surface area contributed by atoms with Crippen LogP contribution in [0.5, 0.6) is 0 Å². The van der Waals surface area contributed by atoms with Gasteiger partial charge in [0.15, 0.2) is 5.69 Å². The van der Waals surface area contributed by atoms with E-state index in [1.165, 1.54) is 17.4 Å². The molecule has 0 amide bonds. The van der Waals surface area contributed by atoms with Gasteiger partial charge in [0.2, 0.25) is 0 Å². The molecule has 130 valence electrons. The van der Waals surface area contributed by atoms with Gasteiger partial charge in [-0.3, -0.25) is 0 Å². The van der Waals surface area contributed by atoms with Gasteiger partial charge in [-0.05, 0) is 30.0 Å². The van der Waals surface area contributed by atoms with E-state index in [4.69, 9.17) is 9.15 Å². The molecule has 26 heavy (non-hydrogen) atoms. The van der Waals surface area contributed by atoms with Gasteiger partial charge in [-0.2, -0.15) is 11.3 Å². The fraction of sp³-hybridized carbons (Fsp3) is 0.105. The van der Waals surface area contributed by atoms with Crippen LogP contribution >= 0.6 is 22.7 Å². The normalized spacial score (nSPS) is 11.0. The molecule has 4 aromatic rings. The SMILES string of the molecule is Cc1ccc2c(COC(=O)c3csc(-c4ccsc4)n3)cc(=O)oc2c1. The van der Waals surface area contributed by atoms with E-state index in [9.17, 15) is 9.59 Å². The number of aromatic nitrogens is 1. The van der Waals surface area contributed by atoms with Crippen LogP contribution in [-0.4, -0.2) is 11.0 Å². The van der Waals surface area contributed by atoms with Crippen molar-refractivity contribution in [1.82, 2.24) is 4.98 Å². The molecule has 0 spiro atoms. The van der Waals surface area contributed by atoms with Gasteiger partial charge in [-0.25, -0.2) is 14.6 Å². The van der Waals surface area contributed by atoms with Crippen LogP contribution in [0.4, 0.5) is 0 Å². The zero-order valence-corrected chi connectivity index (χ0v) is 15.4. The van der Waals surface area contributed by atoms with E-state index < -0.39 is 11.6 Å². The van der Waals surface area contributed by atoms with Crippen LogP contribution in [0, 0.1) is 6.92 Å². The first kappa shape index (κ1) is 16.7. The number of esters is 1. The highest BCUT2D eigenvalue weighted by Crippen LogP contribution is 2.26. The minimum Gasteiger partial charge on any atom is -0.456 e. The Morgan fingerprint density at radius 2 is 2.12 bits per heavy atom. The molecule has 3 aromatic heterocycles. The molecule has 0 atom stereocenters. The van der Waals surface area contributed by atoms with Crippen molar-refractivity contribution in [3.05, 3.63) is 73.7 Å². The maximum atomic E-state index is 12.3. The van der Waals surface area contributed by atoms with Gasteiger partial charge in [-0.15, -0.1) is 11.3 Å². The van der Waals surface area contributed by atoms with Gasteiger partial charge in [0.25, 0.3) is 0 Å². The maximum absolute atomic E-state index is 12.3. The van der Waals surface area contributed by atoms with Gasteiger partial charge >= 0.3 is 11.6 Å². The summed E-state index contributed by atoms with van der Waals surface area (Å²) in [6, 6.07) is 8.86. The van der Waals surface area contributed by atoms with E-state index in [0.717, 1.165) is 21.5 Å². The quantitative estimate of drug-likeness (QED) is 0.379. The molecule has 0 saturated heterocycles. The Hall–Kier alpha value is -2.77. The van der Waals surface area contributed by atoms with Crippen LogP contribution in [0.15, 0.2) is 55.7 Å². The summed E-state index contributed by atoms with van der Waals surface area (Å²) in [5.74, 6) is -0.517. The summed E-state index contributed by atoms with van der Waals surface area (Å²) in [6.07, 6.45) is 0. The number of hydrogen-bond donors (Lipinski definition) is 0. The van der Waals surface area contributed by atoms with Crippen molar-refractivity contribution in [2.75, 3.05) is 0 Å². The number of nitrogens with zero attached hydrogens (tertiary/aromatic N) is 1. The van der Waals surface area contributed by atoms with Crippen LogP contribution in [0.1, 0.15) is 21.6 Å². The maximum Gasteiger partial charge on any atom is 0.358 e. The van der Waals surface area contributed by atoms with Gasteiger partial charge in [-0.1, -0.05) is 12.1 Å². The molecule has 3 heterocycles. The first-order valence-electron chi connectivity index (χ1n) is 7.79. The fourth-order valence-electron chi connectivity index (χ4n) is 2.56. The van der Waals surface area contributed by atoms with Crippen molar-refractivity contribution < 1.29 is 13.9 Å². The molecular weight excluding hydrogens is 370 g/mol. The molecule has 4 rings (SSSR count). The Bertz CT molecular complexity index is 1140. The van der Waals surface area contributed by atoms with Crippen LogP contribution in [-0.2, 0) is 11.3 Å². The third-order valence-electron chi connectivity index (χ3n) is 3.83. The second-order valence-corrected chi connectivity index (χ2v) is 7.35. The van der Waals surface area contributed by atoms with Crippen molar-refractivity contribution in [1.29, 1.82) is 0 Å². The van der Waals surface area contributed by atoms with E-state index in [2.05, 4.69) is 4.98 Å². The number of benzene rings is 1. The fourth-order valence-corrected chi connectivity index (χ4v) is 4.06. The van der Waals surface area contributed by atoms with Gasteiger partial charge in [0.1, 0.15) is 17.2 Å². The summed E-state index contributed by atoms with van der Waals surface area (Å²) in [4.78, 5) is 28.4. The number of aryl methyl sites for hydroxylation is 1. The number of hydrogen-bond acceptors (Lipinski definition) is 7. The highest BCUT2D eigenvalue weighted by atomic mass is 32.1. The number of fused-ring (bicyclic) bond motifs is 1. The Morgan fingerprint density at radius 1 is 1.23 bits per heavy atom. The second-order valence-electron chi connectivity index (χ2n) is 5.72. The summed E-state index contributed by atoms with van der Waals surface area (Å²) >= 11 is 2.97. The first-order valence-corrected chi connectivity index (χ1v) is 9.61. The Labute approximate surface area is 156 Å². The lowest BCUT2D eigenvalue weighted by Crippen LogP contribution is -2.08. The highest BCUT2D eigenvalue weighted by Gasteiger charge is 2.15. The average Bonchev–Trinajstić information content (AvgIpc) is 3.29. The summed E-state index contributed by atoms with van der Waals surface area (Å²) in [5, 5.41) is 7.14. The van der Waals surface area contributed by atoms with E-state index in [1.54, 1.807) is 22.8 Å². The number of carbonyl (C=O) groups is 1. The summed E-state index contributed by atoms with van der Waals surface area (Å²) in [6.45, 7) is 1.90. The molecule has 1 aromatic carbocycles. The van der Waals surface area contributed by atoms with Crippen LogP contribution in [0.25, 0.3) is 21.5 Å². The van der Waals surface area contributed by atoms with E-state index in [0.29, 0.717) is 11.1 Å². The predicted molar refractivity (Wildman–Crippen MR) is 102 cm³/mol. The minimum atomic E-state index is -0.517. The molecule has 0 aliphatic heterocycles. The third-order valence-corrected chi connectivity index (χ3v) is 5.40. The van der Waals surface area contributed by atoms with Crippen molar-refractivity contribution in [3.63, 3.8) is 0 Å². The molecule has 0 N–H and O–H groups in total. The second kappa shape index (κ2) is 6.86. The van der Waals surface area contributed by atoms with E-state index in [1.807, 2.05) is 35.9 Å². The third kappa shape index (κ3) is 3.31. The zero-order chi connectivity index (χ0) is 18.1. The van der Waals surface area contributed by atoms with Crippen molar-refractivity contribution in [3.8, 4) is 10.6 Å². The average molecular weight is 383 g/mol. The predicted octanol–water partition coefficient (Wildman–Crippen LogP) is 4.64. The Balaban J connectivity index is 1.55. The summed E-state index contributed by atoms with van der Waals surface area (Å²) in [5.41, 5.74) is 2.86. The molecule has 0 fully saturated rings. The van der Waals surface area contributed by atoms with E-state index in [-0.39, 0.29) is 12.3 Å². The molecule has 0 bridgehead atoms. The number of thiophene rings is 1. The molecule has 0 aliphatic carbocycles. The molecule has 7 heteroatoms. The lowest BCUT2D eigenvalue weighted by atomic mass is 10.1. The van der Waals surface area contributed by atoms with Crippen molar-refractivity contribution in [2.24, 2.45) is 0 Å². The molecule has 0 saturated carbocycles. The number of rotatable bonds is 4. The van der Waals surface area contributed by atoms with E-state index >= 15 is 0 Å². The van der Waals surface area contributed by atoms with Crippen molar-refractivity contribution in [2.45, 2.75) is 13.5 Å². The molecule has 0 unspecified atom stereocenters. The summed E-state index contributed by atoms with van der Waals surface area (Å²) in [7, 11) is 0. The smallest absolute Gasteiger partial charge is 0.358 e. The van der Waals surface area contributed by atoms with Crippen LogP contribution in [0.2, 0.25) is 0 Å². The largest absolute Gasteiger partial charge is 0.456 e. The van der Waals surface area contributed by atoms with Gasteiger partial charge in [0, 0.05) is 33.3 Å². The molecule has 0 radical (unpaired) electrons. The van der Waals surface area contributed by atoms with Gasteiger partial charge < -0.3 is 9.15 Å². The van der Waals surface area contributed by atoms with Crippen molar-refractivity contribution >= 4 is 39.6 Å². The molecule has 5 nitrogen and oxygen atoms in total. The molecular formula is C19H13NO4S2. The lowest BCUT2D eigenvalue weighted by molar-refractivity contribution is 0.0468. The number of thiazole rings is 1. The van der Waals surface area contributed by atoms with Gasteiger partial charge in [0.05, 0.1) is 0 Å². The lowest BCUT2D eigenvalue weighted by Gasteiger charge is -2.06. The monoisotopic (exact) mass is 383 g/mol.